The van der Waals surface area contributed by atoms with Crippen LogP contribution in [0, 0.1) is 0 Å². The molecule has 1 aromatic carbocycles. The highest BCUT2D eigenvalue weighted by Gasteiger charge is 2.07. The molecule has 1 heterocycles. The number of nitrogens with one attached hydrogen (secondary N) is 1. The van der Waals surface area contributed by atoms with Crippen molar-refractivity contribution in [1.29, 1.82) is 0 Å². The Hall–Kier alpha value is -1.13. The molecule has 4 heteroatoms. The molecule has 3 nitrogen and oxygen atoms in total. The van der Waals surface area contributed by atoms with Crippen LogP contribution in [0.25, 0.3) is 0 Å². The van der Waals surface area contributed by atoms with Crippen LogP contribution >= 0.6 is 15.9 Å². The van der Waals surface area contributed by atoms with E-state index in [1.807, 2.05) is 23.0 Å². The Bertz CT molecular complexity index is 453. The molecule has 2 rings (SSSR count). The van der Waals surface area contributed by atoms with Gasteiger partial charge in [-0.2, -0.15) is 5.10 Å². The lowest BCUT2D eigenvalue weighted by molar-refractivity contribution is 0.506. The first-order valence-corrected chi connectivity index (χ1v) is 6.52. The van der Waals surface area contributed by atoms with Crippen molar-refractivity contribution < 1.29 is 0 Å². The number of rotatable bonds is 5. The second-order valence-electron chi connectivity index (χ2n) is 3.97. The van der Waals surface area contributed by atoms with Gasteiger partial charge in [0.15, 0.2) is 0 Å². The highest BCUT2D eigenvalue weighted by atomic mass is 79.9. The van der Waals surface area contributed by atoms with E-state index < -0.39 is 0 Å². The fourth-order valence-electron chi connectivity index (χ4n) is 1.76. The van der Waals surface area contributed by atoms with Gasteiger partial charge >= 0.3 is 0 Å². The lowest BCUT2D eigenvalue weighted by atomic mass is 10.1. The van der Waals surface area contributed by atoms with Gasteiger partial charge in [-0.25, -0.2) is 0 Å². The van der Waals surface area contributed by atoms with Crippen LogP contribution in [0.15, 0.2) is 47.2 Å². The van der Waals surface area contributed by atoms with Gasteiger partial charge in [-0.3, -0.25) is 4.68 Å². The molecule has 17 heavy (non-hydrogen) atoms. The molecular weight excluding hydrogens is 278 g/mol. The van der Waals surface area contributed by atoms with Crippen LogP contribution in [0.1, 0.15) is 18.5 Å². The minimum absolute atomic E-state index is 0.334. The number of benzene rings is 1. The van der Waals surface area contributed by atoms with Crippen LogP contribution in [0.2, 0.25) is 0 Å². The Morgan fingerprint density at radius 1 is 1.35 bits per heavy atom. The highest BCUT2D eigenvalue weighted by Crippen LogP contribution is 2.22. The molecule has 1 aromatic heterocycles. The zero-order valence-corrected chi connectivity index (χ0v) is 11.4. The van der Waals surface area contributed by atoms with E-state index in [4.69, 9.17) is 0 Å². The lowest BCUT2D eigenvalue weighted by Gasteiger charge is -2.15. The minimum Gasteiger partial charge on any atom is -0.308 e. The molecule has 0 saturated heterocycles. The highest BCUT2D eigenvalue weighted by molar-refractivity contribution is 9.10. The standard InChI is InChI=1S/C13H16BrN3/c1-11(12-5-2-3-6-13(12)14)15-8-10-17-9-4-7-16-17/h2-7,9,11,15H,8,10H2,1H3/t11-/m1/s1. The molecule has 0 aliphatic rings. The van der Waals surface area contributed by atoms with Crippen LogP contribution in [-0.4, -0.2) is 16.3 Å². The Kier molecular flexibility index (Phi) is 4.34. The second kappa shape index (κ2) is 5.98. The van der Waals surface area contributed by atoms with E-state index in [-0.39, 0.29) is 0 Å². The van der Waals surface area contributed by atoms with Crippen LogP contribution in [0.5, 0.6) is 0 Å². The first-order valence-electron chi connectivity index (χ1n) is 5.72. The Balaban J connectivity index is 1.85. The predicted molar refractivity (Wildman–Crippen MR) is 72.8 cm³/mol. The van der Waals surface area contributed by atoms with Crippen molar-refractivity contribution in [3.63, 3.8) is 0 Å². The van der Waals surface area contributed by atoms with Crippen LogP contribution in [0.3, 0.4) is 0 Å². The molecule has 0 aliphatic heterocycles. The van der Waals surface area contributed by atoms with Crippen LogP contribution < -0.4 is 5.32 Å². The Morgan fingerprint density at radius 2 is 2.18 bits per heavy atom. The summed E-state index contributed by atoms with van der Waals surface area (Å²) in [5.41, 5.74) is 1.29. The summed E-state index contributed by atoms with van der Waals surface area (Å²) in [5, 5.41) is 7.66. The summed E-state index contributed by atoms with van der Waals surface area (Å²) in [4.78, 5) is 0. The van der Waals surface area contributed by atoms with Gasteiger partial charge in [0.25, 0.3) is 0 Å². The molecule has 0 saturated carbocycles. The minimum atomic E-state index is 0.334. The summed E-state index contributed by atoms with van der Waals surface area (Å²) in [6, 6.07) is 10.6. The molecule has 1 N–H and O–H groups in total. The number of hydrogen-bond donors (Lipinski definition) is 1. The summed E-state index contributed by atoms with van der Waals surface area (Å²) < 4.78 is 3.08. The smallest absolute Gasteiger partial charge is 0.0534 e. The first kappa shape index (κ1) is 12.3. The monoisotopic (exact) mass is 293 g/mol. The quantitative estimate of drug-likeness (QED) is 0.918. The second-order valence-corrected chi connectivity index (χ2v) is 4.82. The van der Waals surface area contributed by atoms with E-state index in [1.165, 1.54) is 5.56 Å². The summed E-state index contributed by atoms with van der Waals surface area (Å²) in [5.74, 6) is 0. The van der Waals surface area contributed by atoms with Gasteiger partial charge in [-0.05, 0) is 24.6 Å². The van der Waals surface area contributed by atoms with Crippen molar-refractivity contribution in [1.82, 2.24) is 15.1 Å². The zero-order valence-electron chi connectivity index (χ0n) is 9.81. The Labute approximate surface area is 110 Å². The summed E-state index contributed by atoms with van der Waals surface area (Å²) >= 11 is 3.57. The van der Waals surface area contributed by atoms with Gasteiger partial charge in [-0.1, -0.05) is 34.1 Å². The van der Waals surface area contributed by atoms with Gasteiger partial charge in [0, 0.05) is 29.5 Å². The van der Waals surface area contributed by atoms with Crippen molar-refractivity contribution in [3.8, 4) is 0 Å². The summed E-state index contributed by atoms with van der Waals surface area (Å²) in [7, 11) is 0. The van der Waals surface area contributed by atoms with Crippen LogP contribution in [0.4, 0.5) is 0 Å². The van der Waals surface area contributed by atoms with Gasteiger partial charge in [0.05, 0.1) is 6.54 Å². The molecule has 2 aromatic rings. The molecule has 1 atom stereocenters. The summed E-state index contributed by atoms with van der Waals surface area (Å²) in [6.45, 7) is 3.97. The number of hydrogen-bond acceptors (Lipinski definition) is 2. The molecule has 0 radical (unpaired) electrons. The van der Waals surface area contributed by atoms with E-state index in [1.54, 1.807) is 6.20 Å². The number of aromatic nitrogens is 2. The van der Waals surface area contributed by atoms with Crippen molar-refractivity contribution in [2.75, 3.05) is 6.54 Å². The summed E-state index contributed by atoms with van der Waals surface area (Å²) in [6.07, 6.45) is 3.78. The third kappa shape index (κ3) is 3.41. The van der Waals surface area contributed by atoms with Crippen molar-refractivity contribution in [2.24, 2.45) is 0 Å². The average molecular weight is 294 g/mol. The van der Waals surface area contributed by atoms with Gasteiger partial charge in [0.2, 0.25) is 0 Å². The van der Waals surface area contributed by atoms with E-state index in [0.717, 1.165) is 17.6 Å². The van der Waals surface area contributed by atoms with Crippen molar-refractivity contribution in [2.45, 2.75) is 19.5 Å². The van der Waals surface area contributed by atoms with E-state index in [9.17, 15) is 0 Å². The van der Waals surface area contributed by atoms with Gasteiger partial charge < -0.3 is 5.32 Å². The maximum atomic E-state index is 4.17. The van der Waals surface area contributed by atoms with Gasteiger partial charge in [0.1, 0.15) is 0 Å². The number of halogens is 1. The van der Waals surface area contributed by atoms with Crippen LogP contribution in [-0.2, 0) is 6.54 Å². The average Bonchev–Trinajstić information content (AvgIpc) is 2.82. The topological polar surface area (TPSA) is 29.9 Å². The third-order valence-electron chi connectivity index (χ3n) is 2.72. The van der Waals surface area contributed by atoms with E-state index in [2.05, 4.69) is 51.5 Å². The molecule has 0 aliphatic carbocycles. The first-order chi connectivity index (χ1) is 8.27. The normalized spacial score (nSPS) is 12.6. The molecule has 0 amide bonds. The zero-order chi connectivity index (χ0) is 12.1. The molecule has 0 spiro atoms. The molecule has 0 unspecified atom stereocenters. The van der Waals surface area contributed by atoms with Crippen molar-refractivity contribution in [3.05, 3.63) is 52.8 Å². The number of nitrogens with zero attached hydrogens (tertiary/aromatic N) is 2. The Morgan fingerprint density at radius 3 is 2.88 bits per heavy atom. The predicted octanol–water partition coefficient (Wildman–Crippen LogP) is 3.00. The van der Waals surface area contributed by atoms with Gasteiger partial charge in [-0.15, -0.1) is 0 Å². The fraction of sp³-hybridized carbons (Fsp3) is 0.308. The molecule has 0 fully saturated rings. The van der Waals surface area contributed by atoms with Crippen molar-refractivity contribution >= 4 is 15.9 Å². The maximum Gasteiger partial charge on any atom is 0.0534 e. The largest absolute Gasteiger partial charge is 0.308 e. The fourth-order valence-corrected chi connectivity index (χ4v) is 2.39. The maximum absolute atomic E-state index is 4.17. The molecular formula is C13H16BrN3. The van der Waals surface area contributed by atoms with E-state index in [0.29, 0.717) is 6.04 Å². The lowest BCUT2D eigenvalue weighted by Crippen LogP contribution is -2.23. The van der Waals surface area contributed by atoms with E-state index >= 15 is 0 Å². The third-order valence-corrected chi connectivity index (χ3v) is 3.44. The molecule has 90 valence electrons. The SMILES string of the molecule is C[C@@H](NCCn1cccn1)c1ccccc1Br. The molecule has 0 bridgehead atoms.